The van der Waals surface area contributed by atoms with Gasteiger partial charge in [-0.05, 0) is 32.1 Å². The number of phosphoric ester groups is 1. The molecule has 0 radical (unpaired) electrons. The molecule has 3 aliphatic heterocycles. The number of carbonyl (C=O) groups is 4. The molecule has 4 heterocycles. The van der Waals surface area contributed by atoms with Crippen molar-refractivity contribution >= 4 is 64.8 Å². The first kappa shape index (κ1) is 50.2. The van der Waals surface area contributed by atoms with Gasteiger partial charge in [-0.3, -0.25) is 23.5 Å². The number of thioether (sulfide) groups is 1. The van der Waals surface area contributed by atoms with Crippen LogP contribution >= 0.6 is 35.2 Å². The van der Waals surface area contributed by atoms with E-state index in [1.807, 2.05) is 11.8 Å². The van der Waals surface area contributed by atoms with E-state index in [4.69, 9.17) is 20.3 Å². The van der Waals surface area contributed by atoms with Gasteiger partial charge in [0.25, 0.3) is 0 Å². The highest BCUT2D eigenvalue weighted by atomic mass is 32.2. The molecular weight excluding hydrogens is 893 g/mol. The number of ether oxygens (including phenoxy) is 1. The lowest BCUT2D eigenvalue weighted by Gasteiger charge is -2.19. The molecule has 5 amide bonds. The maximum Gasteiger partial charge on any atom is 0.490 e. The number of hydrogen-bond acceptors (Lipinski definition) is 16. The first-order valence-corrected chi connectivity index (χ1v) is 24.8. The van der Waals surface area contributed by atoms with Crippen LogP contribution in [0.15, 0.2) is 11.0 Å². The van der Waals surface area contributed by atoms with Gasteiger partial charge in [-0.25, -0.2) is 23.3 Å². The number of aromatic nitrogens is 2. The number of hydrogen-bond donors (Lipinski definition) is 11. The van der Waals surface area contributed by atoms with Gasteiger partial charge in [0.2, 0.25) is 17.7 Å². The van der Waals surface area contributed by atoms with Crippen LogP contribution in [0.3, 0.4) is 0 Å². The molecule has 342 valence electrons. The van der Waals surface area contributed by atoms with E-state index in [9.17, 15) is 52.6 Å². The molecule has 8 atom stereocenters. The monoisotopic (exact) mass is 944 g/mol. The predicted octanol–water partition coefficient (Wildman–Crippen LogP) is -0.416. The van der Waals surface area contributed by atoms with Crippen LogP contribution in [0.1, 0.15) is 82.4 Å². The minimum atomic E-state index is -5.76. The fourth-order valence-corrected chi connectivity index (χ4v) is 11.0. The summed E-state index contributed by atoms with van der Waals surface area (Å²) in [6.45, 7) is -0.223. The Bertz CT molecular complexity index is 2000. The Labute approximate surface area is 353 Å². The van der Waals surface area contributed by atoms with Gasteiger partial charge in [-0.1, -0.05) is 24.7 Å². The van der Waals surface area contributed by atoms with Crippen LogP contribution in [-0.2, 0) is 46.0 Å². The van der Waals surface area contributed by atoms with E-state index in [0.29, 0.717) is 44.0 Å². The molecule has 0 bridgehead atoms. The van der Waals surface area contributed by atoms with Crippen molar-refractivity contribution in [3.8, 4) is 11.8 Å². The second-order valence-corrected chi connectivity index (χ2v) is 19.8. The molecule has 0 aromatic carbocycles. The van der Waals surface area contributed by atoms with Crippen molar-refractivity contribution in [2.75, 3.05) is 37.7 Å². The van der Waals surface area contributed by atoms with Crippen LogP contribution < -0.4 is 38.0 Å². The summed E-state index contributed by atoms with van der Waals surface area (Å²) in [5, 5.41) is 24.9. The number of urea groups is 1. The lowest BCUT2D eigenvalue weighted by molar-refractivity contribution is -0.122. The molecule has 12 N–H and O–H groups in total. The van der Waals surface area contributed by atoms with Crippen molar-refractivity contribution in [1.82, 2.24) is 36.1 Å². The molecule has 0 saturated carbocycles. The van der Waals surface area contributed by atoms with E-state index in [1.54, 1.807) is 0 Å². The minimum absolute atomic E-state index is 0.00672. The molecule has 61 heavy (non-hydrogen) atoms. The number of nitrogens with zero attached hydrogens (tertiary/aromatic N) is 2. The Hall–Kier alpha value is -3.40. The lowest BCUT2D eigenvalue weighted by atomic mass is 10.0. The number of aliphatic hydroxyl groups excluding tert-OH is 1. The van der Waals surface area contributed by atoms with E-state index in [2.05, 4.69) is 56.6 Å². The third-order valence-electron chi connectivity index (χ3n) is 9.30. The van der Waals surface area contributed by atoms with Crippen LogP contribution in [0.2, 0.25) is 0 Å². The molecule has 0 aliphatic carbocycles. The van der Waals surface area contributed by atoms with Gasteiger partial charge in [-0.15, -0.1) is 0 Å². The van der Waals surface area contributed by atoms with Gasteiger partial charge in [0.05, 0.1) is 36.9 Å². The first-order chi connectivity index (χ1) is 28.7. The van der Waals surface area contributed by atoms with Crippen LogP contribution in [0.5, 0.6) is 0 Å². The molecular formula is C32H51N8O17P3S. The smallest absolute Gasteiger partial charge is 0.390 e. The Kier molecular flexibility index (Phi) is 19.2. The van der Waals surface area contributed by atoms with Gasteiger partial charge < -0.3 is 61.7 Å². The Morgan fingerprint density at radius 3 is 2.28 bits per heavy atom. The Morgan fingerprint density at radius 2 is 1.57 bits per heavy atom. The maximum atomic E-state index is 12.5. The molecule has 3 aliphatic rings. The summed E-state index contributed by atoms with van der Waals surface area (Å²) in [7, 11) is -16.9. The van der Waals surface area contributed by atoms with Gasteiger partial charge >= 0.3 is 35.2 Å². The third-order valence-corrected chi connectivity index (χ3v) is 14.6. The summed E-state index contributed by atoms with van der Waals surface area (Å²) in [4.78, 5) is 100. The number of rotatable bonds is 24. The lowest BCUT2D eigenvalue weighted by Crippen LogP contribution is -2.36. The summed E-state index contributed by atoms with van der Waals surface area (Å²) in [5.41, 5.74) is 4.97. The highest BCUT2D eigenvalue weighted by Gasteiger charge is 2.44. The standard InChI is InChI=1S/C32H51N8O17P3S/c33-30-20(17-40(32(46)39-30)28-16-22(41)23(55-28)18-54-59(50,51)57-60(52,53)56-58(47,48)49)8-6-14-35-27(44)12-7-15-36-25(42)10-2-1-5-13-34-26(43)11-4-3-9-24-29-21(19-61-24)37-31(45)38-29/h17,21-24,28-29,41H,1-5,7,9-16,18-19H2,(H,34,43)(H,35,44)(H,36,42)(H,50,51)(H,52,53)(H2,33,39,46)(H2,37,38,45)(H2,47,48,49)/t21-,22?,23+,24-,28+,29-/m0/s1. The quantitative estimate of drug-likeness (QED) is 0.0271. The van der Waals surface area contributed by atoms with Gasteiger partial charge in [-0.2, -0.15) is 25.4 Å². The predicted molar refractivity (Wildman–Crippen MR) is 215 cm³/mol. The summed E-state index contributed by atoms with van der Waals surface area (Å²) < 4.78 is 52.5. The number of nitrogens with two attached hydrogens (primary N) is 1. The van der Waals surface area contributed by atoms with Crippen molar-refractivity contribution in [2.45, 2.75) is 106 Å². The van der Waals surface area contributed by atoms with E-state index in [1.165, 1.54) is 6.20 Å². The van der Waals surface area contributed by atoms with E-state index < -0.39 is 54.2 Å². The third kappa shape index (κ3) is 17.7. The average Bonchev–Trinajstić information content (AvgIpc) is 3.83. The highest BCUT2D eigenvalue weighted by Crippen LogP contribution is 2.66. The fourth-order valence-electron chi connectivity index (χ4n) is 6.40. The zero-order valence-corrected chi connectivity index (χ0v) is 36.2. The topological polar surface area (TPSA) is 379 Å². The van der Waals surface area contributed by atoms with Crippen molar-refractivity contribution in [3.63, 3.8) is 0 Å². The first-order valence-electron chi connectivity index (χ1n) is 19.2. The number of nitrogen functional groups attached to an aromatic ring is 1. The van der Waals surface area contributed by atoms with Crippen molar-refractivity contribution in [1.29, 1.82) is 0 Å². The number of nitrogens with one attached hydrogen (secondary N) is 5. The number of aliphatic hydroxyl groups is 1. The summed E-state index contributed by atoms with van der Waals surface area (Å²) in [6, 6.07) is 0.264. The minimum Gasteiger partial charge on any atom is -0.390 e. The largest absolute Gasteiger partial charge is 0.490 e. The normalized spacial score (nSPS) is 24.0. The maximum absolute atomic E-state index is 12.5. The number of carbonyl (C=O) groups excluding carboxylic acids is 4. The van der Waals surface area contributed by atoms with Crippen molar-refractivity contribution < 1.29 is 75.4 Å². The molecule has 0 spiro atoms. The van der Waals surface area contributed by atoms with Crippen molar-refractivity contribution in [3.05, 3.63) is 22.2 Å². The number of anilines is 1. The molecule has 3 unspecified atom stereocenters. The van der Waals surface area contributed by atoms with Crippen LogP contribution in [0.4, 0.5) is 10.6 Å². The molecule has 1 aromatic heterocycles. The van der Waals surface area contributed by atoms with Crippen LogP contribution in [-0.4, -0.2) is 120 Å². The fraction of sp³-hybridized carbons (Fsp3) is 0.688. The number of unbranched alkanes of at least 4 members (excludes halogenated alkanes) is 3. The zero-order valence-electron chi connectivity index (χ0n) is 32.7. The average molecular weight is 945 g/mol. The summed E-state index contributed by atoms with van der Waals surface area (Å²) in [6.07, 6.45) is 2.96. The molecule has 4 rings (SSSR count). The second kappa shape index (κ2) is 23.3. The van der Waals surface area contributed by atoms with Gasteiger partial charge in [0.1, 0.15) is 18.1 Å². The van der Waals surface area contributed by atoms with E-state index in [0.717, 1.165) is 42.4 Å². The summed E-state index contributed by atoms with van der Waals surface area (Å²) >= 11 is 1.86. The van der Waals surface area contributed by atoms with Crippen molar-refractivity contribution in [2.24, 2.45) is 0 Å². The van der Waals surface area contributed by atoms with Gasteiger partial charge in [0.15, 0.2) is 0 Å². The van der Waals surface area contributed by atoms with Crippen LogP contribution in [0.25, 0.3) is 0 Å². The zero-order chi connectivity index (χ0) is 44.8. The number of amides is 5. The van der Waals surface area contributed by atoms with E-state index >= 15 is 0 Å². The SMILES string of the molecule is Nc1nc(=O)n([C@H]2CC(O)[C@@H](COP(=O)(O)OP(=O)(O)OP(=O)(O)O)O2)cc1C#CCNC(=O)CCCNC(=O)CCCCCNC(=O)CCCC[C@@H]1SC[C@@H]2NC(=O)N[C@@H]21. The summed E-state index contributed by atoms with van der Waals surface area (Å²) in [5.74, 6) is 5.53. The highest BCUT2D eigenvalue weighted by molar-refractivity contribution is 8.00. The Balaban J connectivity index is 1.04. The number of phosphoric acid groups is 3. The molecule has 3 fully saturated rings. The molecule has 1 aromatic rings. The van der Waals surface area contributed by atoms with E-state index in [-0.39, 0.29) is 66.6 Å². The van der Waals surface area contributed by atoms with Crippen LogP contribution in [0, 0.1) is 11.8 Å². The Morgan fingerprint density at radius 1 is 0.918 bits per heavy atom. The molecule has 3 saturated heterocycles. The molecule has 25 nitrogen and oxygen atoms in total. The molecule has 29 heteroatoms. The number of fused-ring (bicyclic) bond motifs is 1. The van der Waals surface area contributed by atoms with Gasteiger partial charge in [0, 0.05) is 56.0 Å². The second-order valence-electron chi connectivity index (χ2n) is 14.1.